The van der Waals surface area contributed by atoms with Crippen LogP contribution in [-0.4, -0.2) is 37.7 Å². The third-order valence-corrected chi connectivity index (χ3v) is 6.27. The van der Waals surface area contributed by atoms with Crippen molar-refractivity contribution in [3.8, 4) is 0 Å². The first-order chi connectivity index (χ1) is 12.7. The fraction of sp³-hybridized carbons (Fsp3) is 0.333. The summed E-state index contributed by atoms with van der Waals surface area (Å²) in [5.74, 6) is -1.55. The molecule has 2 aromatic rings. The number of hydrogen-bond acceptors (Lipinski definition) is 5. The molecule has 3 rings (SSSR count). The van der Waals surface area contributed by atoms with Gasteiger partial charge in [0, 0.05) is 24.7 Å². The van der Waals surface area contributed by atoms with Gasteiger partial charge in [0.05, 0.1) is 11.4 Å². The summed E-state index contributed by atoms with van der Waals surface area (Å²) in [6.07, 6.45) is 0.902. The standard InChI is InChI=1S/C18H20N2O6S/c1-3-15-13(18(22)23)10-16(26-15)17(21)19-12-6-5-11(2)14(9-12)20-7-4-8-27(20,24)25/h5-6,9-10H,3-4,7-8H2,1-2H3,(H,19,21)(H,22,23). The molecule has 0 radical (unpaired) electrons. The van der Waals surface area contributed by atoms with E-state index in [0.29, 0.717) is 30.8 Å². The Hall–Kier alpha value is -2.81. The molecule has 2 heterocycles. The van der Waals surface area contributed by atoms with E-state index in [1.165, 1.54) is 10.4 Å². The third-order valence-electron chi connectivity index (χ3n) is 4.42. The third kappa shape index (κ3) is 3.68. The number of sulfonamides is 1. The molecule has 0 aliphatic carbocycles. The molecule has 144 valence electrons. The quantitative estimate of drug-likeness (QED) is 0.808. The lowest BCUT2D eigenvalue weighted by Crippen LogP contribution is -2.26. The van der Waals surface area contributed by atoms with Crippen molar-refractivity contribution in [3.05, 3.63) is 46.9 Å². The van der Waals surface area contributed by atoms with E-state index in [-0.39, 0.29) is 22.8 Å². The van der Waals surface area contributed by atoms with Crippen molar-refractivity contribution in [3.63, 3.8) is 0 Å². The number of nitrogens with one attached hydrogen (secondary N) is 1. The maximum absolute atomic E-state index is 12.4. The molecule has 8 nitrogen and oxygen atoms in total. The van der Waals surface area contributed by atoms with Crippen molar-refractivity contribution in [1.29, 1.82) is 0 Å². The fourth-order valence-corrected chi connectivity index (χ4v) is 4.66. The number of aryl methyl sites for hydroxylation is 2. The first kappa shape index (κ1) is 19.0. The highest BCUT2D eigenvalue weighted by Gasteiger charge is 2.29. The highest BCUT2D eigenvalue weighted by molar-refractivity contribution is 7.93. The Bertz CT molecular complexity index is 1010. The number of hydrogen-bond donors (Lipinski definition) is 2. The normalized spacial score (nSPS) is 15.7. The summed E-state index contributed by atoms with van der Waals surface area (Å²) in [6, 6.07) is 6.16. The zero-order valence-corrected chi connectivity index (χ0v) is 15.8. The van der Waals surface area contributed by atoms with Gasteiger partial charge < -0.3 is 14.8 Å². The molecule has 1 aliphatic rings. The first-order valence-electron chi connectivity index (χ1n) is 8.51. The van der Waals surface area contributed by atoms with Crippen molar-refractivity contribution in [2.45, 2.75) is 26.7 Å². The molecule has 0 unspecified atom stereocenters. The number of nitrogens with zero attached hydrogens (tertiary/aromatic N) is 1. The highest BCUT2D eigenvalue weighted by Crippen LogP contribution is 2.30. The zero-order valence-electron chi connectivity index (χ0n) is 15.0. The van der Waals surface area contributed by atoms with E-state index in [4.69, 9.17) is 9.52 Å². The molecule has 1 amide bonds. The monoisotopic (exact) mass is 392 g/mol. The molecule has 0 saturated carbocycles. The van der Waals surface area contributed by atoms with Gasteiger partial charge in [-0.05, 0) is 31.0 Å². The van der Waals surface area contributed by atoms with Gasteiger partial charge in [0.1, 0.15) is 11.3 Å². The van der Waals surface area contributed by atoms with Crippen molar-refractivity contribution in [2.24, 2.45) is 0 Å². The van der Waals surface area contributed by atoms with E-state index in [2.05, 4.69) is 5.32 Å². The Morgan fingerprint density at radius 3 is 2.59 bits per heavy atom. The number of benzene rings is 1. The van der Waals surface area contributed by atoms with Crippen molar-refractivity contribution < 1.29 is 27.5 Å². The van der Waals surface area contributed by atoms with E-state index in [9.17, 15) is 18.0 Å². The summed E-state index contributed by atoms with van der Waals surface area (Å²) < 4.78 is 31.0. The minimum absolute atomic E-state index is 0.0459. The number of carboxylic acids is 1. The molecular formula is C18H20N2O6S. The van der Waals surface area contributed by atoms with Gasteiger partial charge in [0.2, 0.25) is 10.0 Å². The van der Waals surface area contributed by atoms with Crippen LogP contribution in [-0.2, 0) is 16.4 Å². The second kappa shape index (κ2) is 7.07. The molecule has 0 bridgehead atoms. The average molecular weight is 392 g/mol. The number of aromatic carboxylic acids is 1. The van der Waals surface area contributed by atoms with Crippen LogP contribution in [0.25, 0.3) is 0 Å². The molecule has 1 fully saturated rings. The summed E-state index contributed by atoms with van der Waals surface area (Å²) >= 11 is 0. The lowest BCUT2D eigenvalue weighted by Gasteiger charge is -2.20. The maximum atomic E-state index is 12.4. The Morgan fingerprint density at radius 1 is 1.30 bits per heavy atom. The summed E-state index contributed by atoms with van der Waals surface area (Å²) in [6.45, 7) is 3.93. The van der Waals surface area contributed by atoms with Crippen LogP contribution in [0.4, 0.5) is 11.4 Å². The SMILES string of the molecule is CCc1oc(C(=O)Nc2ccc(C)c(N3CCCS3(=O)=O)c2)cc1C(=O)O. The lowest BCUT2D eigenvalue weighted by molar-refractivity contribution is 0.0694. The minimum atomic E-state index is -3.34. The first-order valence-corrected chi connectivity index (χ1v) is 10.1. The van der Waals surface area contributed by atoms with Gasteiger partial charge in [0.15, 0.2) is 5.76 Å². The fourth-order valence-electron chi connectivity index (χ4n) is 3.04. The Morgan fingerprint density at radius 2 is 2.04 bits per heavy atom. The Kier molecular flexibility index (Phi) is 4.97. The van der Waals surface area contributed by atoms with Gasteiger partial charge in [0.25, 0.3) is 5.91 Å². The Balaban J connectivity index is 1.87. The van der Waals surface area contributed by atoms with Gasteiger partial charge in [-0.25, -0.2) is 13.2 Å². The number of rotatable bonds is 5. The predicted molar refractivity (Wildman–Crippen MR) is 99.9 cm³/mol. The molecule has 0 spiro atoms. The molecule has 2 N–H and O–H groups in total. The van der Waals surface area contributed by atoms with Crippen LogP contribution in [0.3, 0.4) is 0 Å². The van der Waals surface area contributed by atoms with E-state index in [1.54, 1.807) is 32.0 Å². The molecular weight excluding hydrogens is 372 g/mol. The number of anilines is 2. The molecule has 9 heteroatoms. The number of amides is 1. The number of carbonyl (C=O) groups excluding carboxylic acids is 1. The van der Waals surface area contributed by atoms with E-state index in [1.807, 2.05) is 0 Å². The van der Waals surface area contributed by atoms with Crippen LogP contribution >= 0.6 is 0 Å². The van der Waals surface area contributed by atoms with Crippen molar-refractivity contribution in [1.82, 2.24) is 0 Å². The van der Waals surface area contributed by atoms with Gasteiger partial charge >= 0.3 is 5.97 Å². The van der Waals surface area contributed by atoms with Crippen LogP contribution < -0.4 is 9.62 Å². The van der Waals surface area contributed by atoms with Gasteiger partial charge in [-0.2, -0.15) is 0 Å². The van der Waals surface area contributed by atoms with Crippen LogP contribution in [0.15, 0.2) is 28.7 Å². The highest BCUT2D eigenvalue weighted by atomic mass is 32.2. The van der Waals surface area contributed by atoms with E-state index >= 15 is 0 Å². The largest absolute Gasteiger partial charge is 0.478 e. The summed E-state index contributed by atoms with van der Waals surface area (Å²) in [5.41, 5.74) is 1.65. The number of furan rings is 1. The van der Waals surface area contributed by atoms with E-state index < -0.39 is 21.9 Å². The molecule has 0 atom stereocenters. The van der Waals surface area contributed by atoms with Crippen LogP contribution in [0.5, 0.6) is 0 Å². The second-order valence-electron chi connectivity index (χ2n) is 6.30. The van der Waals surface area contributed by atoms with Crippen LogP contribution in [0, 0.1) is 6.92 Å². The molecule has 27 heavy (non-hydrogen) atoms. The predicted octanol–water partition coefficient (Wildman–Crippen LogP) is 2.64. The minimum Gasteiger partial charge on any atom is -0.478 e. The topological polar surface area (TPSA) is 117 Å². The van der Waals surface area contributed by atoms with Gasteiger partial charge in [-0.1, -0.05) is 13.0 Å². The smallest absolute Gasteiger partial charge is 0.339 e. The summed E-state index contributed by atoms with van der Waals surface area (Å²) in [5, 5.41) is 11.8. The Labute approximate surface area is 156 Å². The maximum Gasteiger partial charge on any atom is 0.339 e. The van der Waals surface area contributed by atoms with Gasteiger partial charge in [-0.15, -0.1) is 0 Å². The van der Waals surface area contributed by atoms with Crippen molar-refractivity contribution >= 4 is 33.3 Å². The van der Waals surface area contributed by atoms with Crippen LogP contribution in [0.1, 0.15) is 45.6 Å². The molecule has 1 saturated heterocycles. The summed E-state index contributed by atoms with van der Waals surface area (Å²) in [4.78, 5) is 23.6. The molecule has 1 aliphatic heterocycles. The average Bonchev–Trinajstić information content (AvgIpc) is 3.19. The van der Waals surface area contributed by atoms with Crippen molar-refractivity contribution in [2.75, 3.05) is 21.9 Å². The zero-order chi connectivity index (χ0) is 19.8. The molecule has 1 aromatic heterocycles. The lowest BCUT2D eigenvalue weighted by atomic mass is 10.1. The number of carboxylic acid groups (broad SMARTS) is 1. The van der Waals surface area contributed by atoms with E-state index in [0.717, 1.165) is 5.56 Å². The summed E-state index contributed by atoms with van der Waals surface area (Å²) in [7, 11) is -3.34. The number of carbonyl (C=O) groups is 2. The molecule has 1 aromatic carbocycles. The second-order valence-corrected chi connectivity index (χ2v) is 8.32. The van der Waals surface area contributed by atoms with Gasteiger partial charge in [-0.3, -0.25) is 9.10 Å². The van der Waals surface area contributed by atoms with Crippen LogP contribution in [0.2, 0.25) is 0 Å².